The number of hydrogen-bond acceptors (Lipinski definition) is 4. The Balaban J connectivity index is 3.57. The first-order valence-corrected chi connectivity index (χ1v) is 8.38. The van der Waals surface area contributed by atoms with Gasteiger partial charge in [-0.1, -0.05) is 6.07 Å². The smallest absolute Gasteiger partial charge is 0.307 e. The van der Waals surface area contributed by atoms with Gasteiger partial charge in [0.2, 0.25) is 10.0 Å². The van der Waals surface area contributed by atoms with Crippen LogP contribution in [0.3, 0.4) is 0 Å². The number of carboxylic acid groups (broad SMARTS) is 1. The number of aliphatic hydroxyl groups is 1. The molecule has 6 nitrogen and oxygen atoms in total. The third kappa shape index (κ3) is 3.48. The van der Waals surface area contributed by atoms with Crippen molar-refractivity contribution in [2.75, 3.05) is 13.7 Å². The van der Waals surface area contributed by atoms with E-state index in [4.69, 9.17) is 5.11 Å². The van der Waals surface area contributed by atoms with Crippen molar-refractivity contribution in [1.29, 1.82) is 0 Å². The highest BCUT2D eigenvalue weighted by atomic mass is 32.2. The van der Waals surface area contributed by atoms with Crippen LogP contribution in [0.15, 0.2) is 11.0 Å². The average molecular weight is 329 g/mol. The Kier molecular flexibility index (Phi) is 5.72. The topological polar surface area (TPSA) is 94.9 Å². The molecule has 2 N–H and O–H groups in total. The summed E-state index contributed by atoms with van der Waals surface area (Å²) >= 11 is 0. The SMILES string of the molecule is Cc1cc(C)c(S(=O)(=O)N(C)C(C)CO)c(C)c1CC(=O)O. The second-order valence-corrected chi connectivity index (χ2v) is 7.50. The number of likely N-dealkylation sites (N-methyl/N-ethyl adjacent to an activating group) is 1. The highest BCUT2D eigenvalue weighted by molar-refractivity contribution is 7.89. The quantitative estimate of drug-likeness (QED) is 0.819. The van der Waals surface area contributed by atoms with E-state index in [9.17, 15) is 18.3 Å². The Morgan fingerprint density at radius 3 is 2.27 bits per heavy atom. The van der Waals surface area contributed by atoms with E-state index >= 15 is 0 Å². The molecule has 0 amide bonds. The van der Waals surface area contributed by atoms with Crippen LogP contribution < -0.4 is 0 Å². The van der Waals surface area contributed by atoms with E-state index in [1.54, 1.807) is 33.8 Å². The number of carbonyl (C=O) groups is 1. The molecular formula is C15H23NO5S. The fourth-order valence-corrected chi connectivity index (χ4v) is 4.33. The van der Waals surface area contributed by atoms with Crippen LogP contribution in [-0.4, -0.2) is 48.6 Å². The predicted octanol–water partition coefficient (Wildman–Crippen LogP) is 1.24. The van der Waals surface area contributed by atoms with E-state index in [1.807, 2.05) is 0 Å². The molecule has 0 radical (unpaired) electrons. The summed E-state index contributed by atoms with van der Waals surface area (Å²) < 4.78 is 26.7. The Morgan fingerprint density at radius 2 is 1.82 bits per heavy atom. The Bertz CT molecular complexity index is 682. The van der Waals surface area contributed by atoms with Crippen LogP contribution in [0.5, 0.6) is 0 Å². The number of rotatable bonds is 6. The predicted molar refractivity (Wildman–Crippen MR) is 83.5 cm³/mol. The largest absolute Gasteiger partial charge is 0.481 e. The second-order valence-electron chi connectivity index (χ2n) is 5.57. The molecule has 0 spiro atoms. The minimum Gasteiger partial charge on any atom is -0.481 e. The van der Waals surface area contributed by atoms with Crippen LogP contribution in [0.4, 0.5) is 0 Å². The van der Waals surface area contributed by atoms with E-state index in [1.165, 1.54) is 7.05 Å². The van der Waals surface area contributed by atoms with Gasteiger partial charge >= 0.3 is 5.97 Å². The van der Waals surface area contributed by atoms with Crippen molar-refractivity contribution in [3.05, 3.63) is 28.3 Å². The number of aryl methyl sites for hydroxylation is 2. The molecule has 1 unspecified atom stereocenters. The van der Waals surface area contributed by atoms with Crippen LogP contribution in [-0.2, 0) is 21.2 Å². The lowest BCUT2D eigenvalue weighted by Crippen LogP contribution is -2.38. The van der Waals surface area contributed by atoms with Crippen molar-refractivity contribution in [3.8, 4) is 0 Å². The van der Waals surface area contributed by atoms with Crippen LogP contribution >= 0.6 is 0 Å². The molecule has 0 aliphatic rings. The van der Waals surface area contributed by atoms with Crippen molar-refractivity contribution >= 4 is 16.0 Å². The Morgan fingerprint density at radius 1 is 1.27 bits per heavy atom. The van der Waals surface area contributed by atoms with Crippen LogP contribution in [0.1, 0.15) is 29.2 Å². The third-order valence-corrected chi connectivity index (χ3v) is 6.17. The molecule has 22 heavy (non-hydrogen) atoms. The average Bonchev–Trinajstić information content (AvgIpc) is 2.40. The molecule has 0 aliphatic carbocycles. The molecular weight excluding hydrogens is 306 g/mol. The first-order valence-electron chi connectivity index (χ1n) is 6.94. The Labute approximate surface area is 131 Å². The molecule has 0 saturated carbocycles. The molecule has 1 rings (SSSR count). The monoisotopic (exact) mass is 329 g/mol. The summed E-state index contributed by atoms with van der Waals surface area (Å²) in [6, 6.07) is 1.13. The highest BCUT2D eigenvalue weighted by Gasteiger charge is 2.29. The first kappa shape index (κ1) is 18.6. The minimum atomic E-state index is -3.81. The van der Waals surface area contributed by atoms with E-state index in [2.05, 4.69) is 0 Å². The number of carboxylic acids is 1. The first-order chi connectivity index (χ1) is 10.0. The van der Waals surface area contributed by atoms with Crippen LogP contribution in [0.25, 0.3) is 0 Å². The van der Waals surface area contributed by atoms with Gasteiger partial charge in [0.25, 0.3) is 0 Å². The molecule has 0 saturated heterocycles. The summed E-state index contributed by atoms with van der Waals surface area (Å²) in [5, 5.41) is 18.2. The molecule has 0 fully saturated rings. The molecule has 1 atom stereocenters. The fraction of sp³-hybridized carbons (Fsp3) is 0.533. The van der Waals surface area contributed by atoms with E-state index in [0.717, 1.165) is 9.87 Å². The van der Waals surface area contributed by atoms with Crippen molar-refractivity contribution in [2.45, 2.75) is 45.1 Å². The zero-order valence-corrected chi connectivity index (χ0v) is 14.4. The zero-order valence-electron chi connectivity index (χ0n) is 13.5. The normalized spacial score (nSPS) is 13.4. The highest BCUT2D eigenvalue weighted by Crippen LogP contribution is 2.29. The van der Waals surface area contributed by atoms with E-state index < -0.39 is 22.0 Å². The van der Waals surface area contributed by atoms with E-state index in [-0.39, 0.29) is 17.9 Å². The lowest BCUT2D eigenvalue weighted by molar-refractivity contribution is -0.136. The second kappa shape index (κ2) is 6.76. The molecule has 0 aliphatic heterocycles. The standard InChI is InChI=1S/C15H23NO5S/c1-9-6-10(2)15(12(4)13(9)7-14(18)19)22(20,21)16(5)11(3)8-17/h6,11,17H,7-8H2,1-5H3,(H,18,19). The van der Waals surface area contributed by atoms with Crippen molar-refractivity contribution in [2.24, 2.45) is 0 Å². The van der Waals surface area contributed by atoms with Gasteiger partial charge in [-0.2, -0.15) is 4.31 Å². The zero-order chi connectivity index (χ0) is 17.2. The van der Waals surface area contributed by atoms with Gasteiger partial charge in [0.1, 0.15) is 0 Å². The number of aliphatic carboxylic acids is 1. The van der Waals surface area contributed by atoms with Gasteiger partial charge in [-0.25, -0.2) is 8.42 Å². The van der Waals surface area contributed by atoms with Crippen LogP contribution in [0.2, 0.25) is 0 Å². The molecule has 1 aromatic rings. The molecule has 124 valence electrons. The number of sulfonamides is 1. The maximum Gasteiger partial charge on any atom is 0.307 e. The molecule has 0 heterocycles. The van der Waals surface area contributed by atoms with E-state index in [0.29, 0.717) is 16.7 Å². The maximum atomic E-state index is 12.8. The van der Waals surface area contributed by atoms with Gasteiger partial charge in [0.05, 0.1) is 17.9 Å². The van der Waals surface area contributed by atoms with Crippen molar-refractivity contribution in [3.63, 3.8) is 0 Å². The Hall–Kier alpha value is -1.44. The summed E-state index contributed by atoms with van der Waals surface area (Å²) in [4.78, 5) is 11.1. The number of nitrogens with zero attached hydrogens (tertiary/aromatic N) is 1. The van der Waals surface area contributed by atoms with Gasteiger partial charge in [-0.05, 0) is 49.9 Å². The van der Waals surface area contributed by atoms with Crippen LogP contribution in [0, 0.1) is 20.8 Å². The molecule has 0 aromatic heterocycles. The lowest BCUT2D eigenvalue weighted by Gasteiger charge is -2.25. The number of aliphatic hydroxyl groups excluding tert-OH is 1. The minimum absolute atomic E-state index is 0.122. The lowest BCUT2D eigenvalue weighted by atomic mass is 9.97. The number of benzene rings is 1. The van der Waals surface area contributed by atoms with Gasteiger partial charge in [0.15, 0.2) is 0 Å². The summed E-state index contributed by atoms with van der Waals surface area (Å²) in [7, 11) is -2.40. The van der Waals surface area contributed by atoms with Gasteiger partial charge in [-0.3, -0.25) is 4.79 Å². The molecule has 7 heteroatoms. The summed E-state index contributed by atoms with van der Waals surface area (Å²) in [6.45, 7) is 6.41. The summed E-state index contributed by atoms with van der Waals surface area (Å²) in [5.74, 6) is -1.00. The molecule has 1 aromatic carbocycles. The van der Waals surface area contributed by atoms with Gasteiger partial charge in [0, 0.05) is 13.1 Å². The molecule has 0 bridgehead atoms. The van der Waals surface area contributed by atoms with Crippen molar-refractivity contribution < 1.29 is 23.4 Å². The van der Waals surface area contributed by atoms with Crippen molar-refractivity contribution in [1.82, 2.24) is 4.31 Å². The third-order valence-electron chi connectivity index (χ3n) is 3.91. The maximum absolute atomic E-state index is 12.8. The number of hydrogen-bond donors (Lipinski definition) is 2. The summed E-state index contributed by atoms with van der Waals surface area (Å²) in [6.07, 6.45) is -0.222. The summed E-state index contributed by atoms with van der Waals surface area (Å²) in [5.41, 5.74) is 2.30. The fourth-order valence-electron chi connectivity index (χ4n) is 2.52. The van der Waals surface area contributed by atoms with Gasteiger partial charge < -0.3 is 10.2 Å². The van der Waals surface area contributed by atoms with Gasteiger partial charge in [-0.15, -0.1) is 0 Å².